The molecule has 0 aromatic carbocycles. The zero-order valence-electron chi connectivity index (χ0n) is 8.78. The summed E-state index contributed by atoms with van der Waals surface area (Å²) in [5.74, 6) is 0.762. The molecule has 0 unspecified atom stereocenters. The first kappa shape index (κ1) is 11.7. The summed E-state index contributed by atoms with van der Waals surface area (Å²) in [6, 6.07) is 1.78. The summed E-state index contributed by atoms with van der Waals surface area (Å²) < 4.78 is 0.835. The molecule has 0 saturated carbocycles. The fourth-order valence-electron chi connectivity index (χ4n) is 1.58. The van der Waals surface area contributed by atoms with E-state index < -0.39 is 0 Å². The van der Waals surface area contributed by atoms with Gasteiger partial charge in [-0.1, -0.05) is 11.6 Å². The number of rotatable bonds is 1. The van der Waals surface area contributed by atoms with Crippen LogP contribution in [0.1, 0.15) is 0 Å². The smallest absolute Gasteiger partial charge is 0.241 e. The second-order valence-electron chi connectivity index (χ2n) is 3.70. The first-order valence-corrected chi connectivity index (χ1v) is 6.05. The molecule has 0 N–H and O–H groups in total. The third-order valence-electron chi connectivity index (χ3n) is 2.55. The molecule has 0 spiro atoms. The van der Waals surface area contributed by atoms with E-state index in [1.54, 1.807) is 24.2 Å². The van der Waals surface area contributed by atoms with E-state index in [2.05, 4.69) is 20.9 Å². The molecule has 4 nitrogen and oxygen atoms in total. The van der Waals surface area contributed by atoms with Crippen molar-refractivity contribution < 1.29 is 4.79 Å². The molecule has 0 radical (unpaired) electrons. The monoisotopic (exact) mass is 303 g/mol. The summed E-state index contributed by atoms with van der Waals surface area (Å²) in [6.45, 7) is 1.80. The molecule has 0 atom stereocenters. The number of piperazine rings is 1. The lowest BCUT2D eigenvalue weighted by Gasteiger charge is -2.33. The number of likely N-dealkylation sites (N-methyl/N-ethyl adjacent to an activating group) is 1. The fraction of sp³-hybridized carbons (Fsp3) is 0.400. The summed E-state index contributed by atoms with van der Waals surface area (Å²) in [4.78, 5) is 19.4. The van der Waals surface area contributed by atoms with Crippen LogP contribution in [0.3, 0.4) is 0 Å². The first-order valence-electron chi connectivity index (χ1n) is 4.88. The van der Waals surface area contributed by atoms with Gasteiger partial charge in [-0.25, -0.2) is 4.98 Å². The number of anilines is 1. The van der Waals surface area contributed by atoms with Crippen molar-refractivity contribution in [1.82, 2.24) is 9.88 Å². The van der Waals surface area contributed by atoms with Gasteiger partial charge < -0.3 is 9.80 Å². The van der Waals surface area contributed by atoms with Gasteiger partial charge in [-0.05, 0) is 22.0 Å². The fourth-order valence-corrected chi connectivity index (χ4v) is 2.33. The number of hydrogen-bond acceptors (Lipinski definition) is 3. The first-order chi connectivity index (χ1) is 7.58. The standard InChI is InChI=1S/C10H11BrClN3O/c1-14-2-3-15(6-9(14)16)10-8(12)4-7(11)5-13-10/h4-5H,2-3,6H2,1H3. The number of aromatic nitrogens is 1. The maximum atomic E-state index is 11.6. The third-order valence-corrected chi connectivity index (χ3v) is 3.26. The topological polar surface area (TPSA) is 36.4 Å². The molecule has 1 aromatic heterocycles. The van der Waals surface area contributed by atoms with E-state index in [-0.39, 0.29) is 5.91 Å². The molecule has 1 aliphatic rings. The highest BCUT2D eigenvalue weighted by Crippen LogP contribution is 2.26. The number of halogens is 2. The van der Waals surface area contributed by atoms with Gasteiger partial charge in [-0.3, -0.25) is 4.79 Å². The number of hydrogen-bond donors (Lipinski definition) is 0. The molecular formula is C10H11BrClN3O. The number of pyridine rings is 1. The highest BCUT2D eigenvalue weighted by Gasteiger charge is 2.23. The molecule has 2 rings (SSSR count). The van der Waals surface area contributed by atoms with Crippen LogP contribution in [0.15, 0.2) is 16.7 Å². The van der Waals surface area contributed by atoms with Crippen LogP contribution < -0.4 is 4.90 Å². The quantitative estimate of drug-likeness (QED) is 0.793. The van der Waals surface area contributed by atoms with Crippen molar-refractivity contribution in [1.29, 1.82) is 0 Å². The van der Waals surface area contributed by atoms with Gasteiger partial charge in [0.1, 0.15) is 5.82 Å². The average molecular weight is 305 g/mol. The zero-order valence-corrected chi connectivity index (χ0v) is 11.1. The number of carbonyl (C=O) groups excluding carboxylic acids is 1. The molecule has 1 aromatic rings. The van der Waals surface area contributed by atoms with Crippen LogP contribution in [0.2, 0.25) is 5.02 Å². The minimum Gasteiger partial charge on any atom is -0.344 e. The Morgan fingerprint density at radius 2 is 2.25 bits per heavy atom. The van der Waals surface area contributed by atoms with Crippen LogP contribution >= 0.6 is 27.5 Å². The summed E-state index contributed by atoms with van der Waals surface area (Å²) >= 11 is 9.39. The lowest BCUT2D eigenvalue weighted by Crippen LogP contribution is -2.48. The lowest BCUT2D eigenvalue weighted by atomic mass is 10.3. The van der Waals surface area contributed by atoms with Gasteiger partial charge in [-0.15, -0.1) is 0 Å². The van der Waals surface area contributed by atoms with E-state index in [4.69, 9.17) is 11.6 Å². The molecule has 1 saturated heterocycles. The van der Waals surface area contributed by atoms with Crippen molar-refractivity contribution in [3.8, 4) is 0 Å². The van der Waals surface area contributed by atoms with Crippen molar-refractivity contribution in [2.45, 2.75) is 0 Å². The molecular weight excluding hydrogens is 293 g/mol. The minimum absolute atomic E-state index is 0.0898. The van der Waals surface area contributed by atoms with E-state index in [1.165, 1.54) is 0 Å². The number of amides is 1. The summed E-state index contributed by atoms with van der Waals surface area (Å²) in [5, 5.41) is 0.562. The molecule has 0 bridgehead atoms. The molecule has 6 heteroatoms. The maximum absolute atomic E-state index is 11.6. The molecule has 2 heterocycles. The Hall–Kier alpha value is -0.810. The summed E-state index contributed by atoms with van der Waals surface area (Å²) in [5.41, 5.74) is 0. The maximum Gasteiger partial charge on any atom is 0.241 e. The van der Waals surface area contributed by atoms with Gasteiger partial charge in [-0.2, -0.15) is 0 Å². The Kier molecular flexibility index (Phi) is 3.35. The van der Waals surface area contributed by atoms with Crippen molar-refractivity contribution in [3.05, 3.63) is 21.8 Å². The SMILES string of the molecule is CN1CCN(c2ncc(Br)cc2Cl)CC1=O. The van der Waals surface area contributed by atoms with Crippen LogP contribution in [0.5, 0.6) is 0 Å². The van der Waals surface area contributed by atoms with Gasteiger partial charge in [0.15, 0.2) is 0 Å². The van der Waals surface area contributed by atoms with E-state index in [0.29, 0.717) is 23.9 Å². The molecule has 1 fully saturated rings. The van der Waals surface area contributed by atoms with E-state index >= 15 is 0 Å². The Bertz CT molecular complexity index is 427. The third kappa shape index (κ3) is 2.30. The number of nitrogens with zero attached hydrogens (tertiary/aromatic N) is 3. The Morgan fingerprint density at radius 3 is 2.88 bits per heavy atom. The molecule has 0 aliphatic carbocycles. The molecule has 16 heavy (non-hydrogen) atoms. The van der Waals surface area contributed by atoms with Crippen LogP contribution in [-0.2, 0) is 4.79 Å². The van der Waals surface area contributed by atoms with Gasteiger partial charge in [0.25, 0.3) is 0 Å². The second-order valence-corrected chi connectivity index (χ2v) is 5.02. The van der Waals surface area contributed by atoms with Crippen molar-refractivity contribution >= 4 is 39.3 Å². The summed E-state index contributed by atoms with van der Waals surface area (Å²) in [7, 11) is 1.80. The summed E-state index contributed by atoms with van der Waals surface area (Å²) in [6.07, 6.45) is 1.68. The van der Waals surface area contributed by atoms with Gasteiger partial charge in [0, 0.05) is 30.8 Å². The van der Waals surface area contributed by atoms with Crippen LogP contribution in [0.25, 0.3) is 0 Å². The van der Waals surface area contributed by atoms with Crippen molar-refractivity contribution in [3.63, 3.8) is 0 Å². The van der Waals surface area contributed by atoms with Crippen LogP contribution in [0.4, 0.5) is 5.82 Å². The Balaban J connectivity index is 2.22. The number of carbonyl (C=O) groups is 1. The van der Waals surface area contributed by atoms with E-state index in [9.17, 15) is 4.79 Å². The predicted molar refractivity (Wildman–Crippen MR) is 66.8 cm³/mol. The Morgan fingerprint density at radius 1 is 1.50 bits per heavy atom. The van der Waals surface area contributed by atoms with Gasteiger partial charge >= 0.3 is 0 Å². The van der Waals surface area contributed by atoms with Crippen molar-refractivity contribution in [2.24, 2.45) is 0 Å². The van der Waals surface area contributed by atoms with Gasteiger partial charge in [0.05, 0.1) is 11.6 Å². The highest BCUT2D eigenvalue weighted by atomic mass is 79.9. The highest BCUT2D eigenvalue weighted by molar-refractivity contribution is 9.10. The van der Waals surface area contributed by atoms with Crippen LogP contribution in [0, 0.1) is 0 Å². The average Bonchev–Trinajstić information content (AvgIpc) is 2.22. The predicted octanol–water partition coefficient (Wildman–Crippen LogP) is 1.78. The molecule has 86 valence electrons. The Labute approximate surface area is 107 Å². The van der Waals surface area contributed by atoms with Gasteiger partial charge in [0.2, 0.25) is 5.91 Å². The minimum atomic E-state index is 0.0898. The van der Waals surface area contributed by atoms with E-state index in [0.717, 1.165) is 11.0 Å². The van der Waals surface area contributed by atoms with Crippen LogP contribution in [-0.4, -0.2) is 42.5 Å². The normalized spacial score (nSPS) is 16.8. The zero-order chi connectivity index (χ0) is 11.7. The second kappa shape index (κ2) is 4.59. The lowest BCUT2D eigenvalue weighted by molar-refractivity contribution is -0.129. The molecule has 1 aliphatic heterocycles. The largest absolute Gasteiger partial charge is 0.344 e. The van der Waals surface area contributed by atoms with E-state index in [1.807, 2.05) is 4.90 Å². The van der Waals surface area contributed by atoms with Crippen molar-refractivity contribution in [2.75, 3.05) is 31.6 Å². The molecule has 1 amide bonds.